The Morgan fingerprint density at radius 2 is 1.34 bits per heavy atom. The van der Waals surface area contributed by atoms with Gasteiger partial charge in [-0.1, -0.05) is 0 Å². The molecule has 1 aromatic carbocycles. The van der Waals surface area contributed by atoms with Crippen molar-refractivity contribution in [3.63, 3.8) is 0 Å². The number of benzene rings is 1. The Labute approximate surface area is 217 Å². The zero-order chi connectivity index (χ0) is 22.6. The van der Waals surface area contributed by atoms with Gasteiger partial charge in [-0.2, -0.15) is 0 Å². The SMILES string of the molecule is CCCCCc1cc(CCCCC)cc([O][Ti]([CH3])([CH3])([SiH3])[C]2=C([SiH3])C(C)=C(C)C2C)c1.Cl.Cl. The minimum Gasteiger partial charge on any atom is -0.147 e. The van der Waals surface area contributed by atoms with Crippen molar-refractivity contribution in [3.05, 3.63) is 49.5 Å². The number of hydrogen-bond acceptors (Lipinski definition) is 1. The van der Waals surface area contributed by atoms with Gasteiger partial charge >= 0.3 is 194 Å². The van der Waals surface area contributed by atoms with Crippen molar-refractivity contribution in [1.29, 1.82) is 0 Å². The standard InChI is InChI=1S/C16H26O.C8H13Si.2CH3.2ClH.H3Si.Ti/c1-3-5-7-9-14-11-15(10-8-6-4-2)13-16(17)12-14;1-5-4-8(9)7(3)6(5)2;;;;;;/h11-13,17H,3-10H2,1-2H3;5H,1-3,9H3;2*1H3;2*1H;1H3;/q;;;;;;;+1/p-1. The van der Waals surface area contributed by atoms with Gasteiger partial charge in [0.2, 0.25) is 0 Å². The summed E-state index contributed by atoms with van der Waals surface area (Å²) in [5.41, 5.74) is 6.13. The van der Waals surface area contributed by atoms with Crippen LogP contribution in [0.15, 0.2) is 38.4 Å². The summed E-state index contributed by atoms with van der Waals surface area (Å²) in [6, 6.07) is 7.23. The van der Waals surface area contributed by atoms with Crippen LogP contribution < -0.4 is 3.32 Å². The Bertz CT molecular complexity index is 797. The van der Waals surface area contributed by atoms with E-state index in [9.17, 15) is 0 Å². The van der Waals surface area contributed by atoms with Crippen molar-refractivity contribution in [2.75, 3.05) is 0 Å². The molecule has 0 aromatic heterocycles. The Morgan fingerprint density at radius 3 is 1.72 bits per heavy atom. The first-order valence-electron chi connectivity index (χ1n) is 12.4. The van der Waals surface area contributed by atoms with Gasteiger partial charge in [-0.3, -0.25) is 0 Å². The molecule has 2 rings (SSSR count). The molecular weight excluding hydrogens is 503 g/mol. The summed E-state index contributed by atoms with van der Waals surface area (Å²) < 4.78 is 8.94. The topological polar surface area (TPSA) is 9.23 Å². The monoisotopic (exact) mass is 551 g/mol. The van der Waals surface area contributed by atoms with Gasteiger partial charge in [0.1, 0.15) is 0 Å². The fraction of sp³-hybridized carbons (Fsp3) is 0.615. The zero-order valence-electron chi connectivity index (χ0n) is 22.2. The van der Waals surface area contributed by atoms with E-state index in [0.717, 1.165) is 18.4 Å². The second kappa shape index (κ2) is 13.4. The molecule has 1 nitrogen and oxygen atoms in total. The number of aryl methyl sites for hydroxylation is 2. The smallest absolute Gasteiger partial charge is 0.147 e. The molecule has 0 aliphatic heterocycles. The van der Waals surface area contributed by atoms with Crippen LogP contribution in [0.1, 0.15) is 84.3 Å². The van der Waals surface area contributed by atoms with E-state index in [2.05, 4.69) is 63.3 Å². The molecule has 0 N–H and O–H groups in total. The van der Waals surface area contributed by atoms with Gasteiger partial charge in [-0.25, -0.2) is 0 Å². The van der Waals surface area contributed by atoms with Crippen LogP contribution >= 0.6 is 24.8 Å². The molecule has 1 unspecified atom stereocenters. The molecule has 1 aliphatic carbocycles. The van der Waals surface area contributed by atoms with E-state index < -0.39 is 14.9 Å². The molecule has 0 heterocycles. The Morgan fingerprint density at radius 1 is 0.875 bits per heavy atom. The van der Waals surface area contributed by atoms with E-state index >= 15 is 0 Å². The van der Waals surface area contributed by atoms with Crippen LogP contribution in [0, 0.1) is 5.92 Å². The van der Waals surface area contributed by atoms with Crippen LogP contribution in [0.3, 0.4) is 0 Å². The predicted octanol–water partition coefficient (Wildman–Crippen LogP) is 6.92. The van der Waals surface area contributed by atoms with E-state index in [1.54, 1.807) is 20.2 Å². The third-order valence-corrected chi connectivity index (χ3v) is 17.9. The largest absolute Gasteiger partial charge is 0.147 e. The van der Waals surface area contributed by atoms with Gasteiger partial charge in [0.15, 0.2) is 0 Å². The molecule has 1 aromatic rings. The van der Waals surface area contributed by atoms with Crippen LogP contribution in [-0.2, 0) is 27.8 Å². The van der Waals surface area contributed by atoms with E-state index in [0.29, 0.717) is 5.92 Å². The zero-order valence-corrected chi connectivity index (χ0v) is 29.4. The normalized spacial score (nSPS) is 17.7. The molecule has 32 heavy (non-hydrogen) atoms. The summed E-state index contributed by atoms with van der Waals surface area (Å²) in [5, 5.41) is 6.75. The summed E-state index contributed by atoms with van der Waals surface area (Å²) >= 11 is -3.13. The first kappa shape index (κ1) is 32.2. The fourth-order valence-electron chi connectivity index (χ4n) is 5.44. The van der Waals surface area contributed by atoms with Crippen molar-refractivity contribution in [1.82, 2.24) is 0 Å². The minimum atomic E-state index is -3.13. The number of hydrogen-bond donors (Lipinski definition) is 0. The second-order valence-electron chi connectivity index (χ2n) is 11.0. The molecule has 0 saturated carbocycles. The molecule has 6 heteroatoms. The summed E-state index contributed by atoms with van der Waals surface area (Å²) in [4.78, 5) is 0. The van der Waals surface area contributed by atoms with Crippen molar-refractivity contribution >= 4 is 43.2 Å². The maximum Gasteiger partial charge on any atom is -0.147 e. The molecule has 1 aliphatic rings. The first-order chi connectivity index (χ1) is 14.0. The summed E-state index contributed by atoms with van der Waals surface area (Å²) in [7, 11) is 2.29. The van der Waals surface area contributed by atoms with Crippen molar-refractivity contribution in [2.45, 2.75) is 96.4 Å². The summed E-state index contributed by atoms with van der Waals surface area (Å²) in [6.45, 7) is 11.7. The average molecular weight is 553 g/mol. The summed E-state index contributed by atoms with van der Waals surface area (Å²) in [5.74, 6) is 1.75. The molecule has 0 amide bonds. The molecule has 0 fully saturated rings. The Hall–Kier alpha value is 0.228. The first-order valence-corrected chi connectivity index (χ1v) is 23.6. The predicted molar refractivity (Wildman–Crippen MR) is 154 cm³/mol. The summed E-state index contributed by atoms with van der Waals surface area (Å²) in [6.07, 6.45) is 10.2. The van der Waals surface area contributed by atoms with Crippen LogP contribution in [0.5, 0.6) is 5.75 Å². The number of halogens is 2. The van der Waals surface area contributed by atoms with Crippen LogP contribution in [0.2, 0.25) is 10.5 Å². The Kier molecular flexibility index (Phi) is 13.4. The maximum absolute atomic E-state index is 7.20. The van der Waals surface area contributed by atoms with Crippen LogP contribution in [-0.4, -0.2) is 18.4 Å². The third-order valence-electron chi connectivity index (χ3n) is 7.20. The van der Waals surface area contributed by atoms with Crippen LogP contribution in [0.4, 0.5) is 0 Å². The van der Waals surface area contributed by atoms with Crippen LogP contribution in [0.25, 0.3) is 0 Å². The van der Waals surface area contributed by atoms with Gasteiger partial charge in [0, 0.05) is 0 Å². The van der Waals surface area contributed by atoms with E-state index in [4.69, 9.17) is 3.32 Å². The number of unbranched alkanes of at least 4 members (excludes halogenated alkanes) is 4. The fourth-order valence-corrected chi connectivity index (χ4v) is 22.7. The minimum absolute atomic E-state index is 0. The van der Waals surface area contributed by atoms with Crippen molar-refractivity contribution < 1.29 is 18.3 Å². The molecule has 185 valence electrons. The molecular formula is C26H49Cl2OSi2Ti. The number of allylic oxidation sites excluding steroid dienone is 4. The number of rotatable bonds is 11. The molecule has 0 bridgehead atoms. The molecule has 0 radical (unpaired) electrons. The van der Waals surface area contributed by atoms with Crippen molar-refractivity contribution in [3.8, 4) is 5.75 Å². The molecule has 1 atom stereocenters. The van der Waals surface area contributed by atoms with Gasteiger partial charge in [0.25, 0.3) is 0 Å². The average Bonchev–Trinajstić information content (AvgIpc) is 2.85. The van der Waals surface area contributed by atoms with Gasteiger partial charge in [-0.05, 0) is 0 Å². The molecule has 0 saturated heterocycles. The van der Waals surface area contributed by atoms with Gasteiger partial charge < -0.3 is 0 Å². The van der Waals surface area contributed by atoms with Gasteiger partial charge in [-0.15, -0.1) is 24.8 Å². The van der Waals surface area contributed by atoms with Gasteiger partial charge in [0.05, 0.1) is 0 Å². The van der Waals surface area contributed by atoms with Crippen molar-refractivity contribution in [2.24, 2.45) is 5.92 Å². The maximum atomic E-state index is 7.20. The molecule has 0 spiro atoms. The Balaban J connectivity index is 0.00000480. The second-order valence-corrected chi connectivity index (χ2v) is 34.4. The van der Waals surface area contributed by atoms with E-state index in [1.165, 1.54) is 68.2 Å². The van der Waals surface area contributed by atoms with E-state index in [-0.39, 0.29) is 24.8 Å². The van der Waals surface area contributed by atoms with E-state index in [1.807, 2.05) is 0 Å². The third kappa shape index (κ3) is 8.17. The quantitative estimate of drug-likeness (QED) is 0.214.